The van der Waals surface area contributed by atoms with Gasteiger partial charge in [0.05, 0.1) is 11.7 Å². The van der Waals surface area contributed by atoms with E-state index in [4.69, 9.17) is 4.74 Å². The first kappa shape index (κ1) is 20.4. The number of ether oxygens (including phenoxy) is 1. The van der Waals surface area contributed by atoms with Crippen molar-refractivity contribution >= 4 is 17.2 Å². The molecule has 1 heterocycles. The Balaban J connectivity index is 2.88. The quantitative estimate of drug-likeness (QED) is 0.694. The molecular weight excluding hydrogens is 332 g/mol. The fraction of sp³-hybridized carbons (Fsp3) is 0.562. The van der Waals surface area contributed by atoms with Crippen molar-refractivity contribution in [3.63, 3.8) is 0 Å². The van der Waals surface area contributed by atoms with Crippen LogP contribution in [0.2, 0.25) is 0 Å². The summed E-state index contributed by atoms with van der Waals surface area (Å²) in [4.78, 5) is 11.7. The van der Waals surface area contributed by atoms with E-state index in [0.717, 1.165) is 0 Å². The summed E-state index contributed by atoms with van der Waals surface area (Å²) in [6, 6.07) is -0.435. The smallest absolute Gasteiger partial charge is 0.251 e. The summed E-state index contributed by atoms with van der Waals surface area (Å²) < 4.78 is 30.4. The molecule has 0 aliphatic carbocycles. The van der Waals surface area contributed by atoms with E-state index < -0.39 is 34.9 Å². The van der Waals surface area contributed by atoms with E-state index in [0.29, 0.717) is 17.9 Å². The van der Waals surface area contributed by atoms with E-state index in [1.807, 2.05) is 0 Å². The van der Waals surface area contributed by atoms with Gasteiger partial charge in [0.15, 0.2) is 0 Å². The molecule has 2 unspecified atom stereocenters. The first-order chi connectivity index (χ1) is 11.1. The fourth-order valence-electron chi connectivity index (χ4n) is 2.36. The van der Waals surface area contributed by atoms with Crippen LogP contribution in [-0.2, 0) is 20.8 Å². The number of aliphatic hydroxyl groups is 1. The van der Waals surface area contributed by atoms with Crippen molar-refractivity contribution < 1.29 is 23.4 Å². The molecule has 0 aromatic heterocycles. The van der Waals surface area contributed by atoms with Gasteiger partial charge in [-0.3, -0.25) is 13.3 Å². The summed E-state index contributed by atoms with van der Waals surface area (Å²) in [5, 5.41) is 12.2. The summed E-state index contributed by atoms with van der Waals surface area (Å²) in [6.45, 7) is 10.1. The maximum atomic E-state index is 11.7. The van der Waals surface area contributed by atoms with Gasteiger partial charge in [0.1, 0.15) is 17.5 Å². The Hall–Kier alpha value is -1.64. The third-order valence-corrected chi connectivity index (χ3v) is 4.50. The molecule has 1 saturated heterocycles. The summed E-state index contributed by atoms with van der Waals surface area (Å²) in [6.07, 6.45) is 4.73. The monoisotopic (exact) mass is 357 g/mol. The third kappa shape index (κ3) is 4.93. The van der Waals surface area contributed by atoms with Gasteiger partial charge < -0.3 is 19.7 Å². The molecule has 0 aromatic carbocycles. The highest BCUT2D eigenvalue weighted by Crippen LogP contribution is 2.32. The Bertz CT molecular complexity index is 565. The first-order valence-electron chi connectivity index (χ1n) is 7.68. The molecule has 1 rings (SSSR count). The van der Waals surface area contributed by atoms with E-state index in [-0.39, 0.29) is 6.54 Å². The number of hydrogen-bond donors (Lipinski definition) is 2. The number of carbonyl (C=O) groups excluding carboxylic acids is 1. The van der Waals surface area contributed by atoms with Gasteiger partial charge >= 0.3 is 0 Å². The molecule has 7 nitrogen and oxygen atoms in total. The van der Waals surface area contributed by atoms with Crippen LogP contribution in [0.15, 0.2) is 36.3 Å². The van der Waals surface area contributed by atoms with Gasteiger partial charge in [0.25, 0.3) is 5.91 Å². The predicted molar refractivity (Wildman–Crippen MR) is 91.1 cm³/mol. The molecule has 8 heteroatoms. The lowest BCUT2D eigenvalue weighted by Crippen LogP contribution is -2.49. The normalized spacial score (nSPS) is 26.2. The largest absolute Gasteiger partial charge is 0.755 e. The number of allylic oxidation sites excluding steroid dienone is 3. The topological polar surface area (TPSA) is 102 Å². The minimum absolute atomic E-state index is 0.254. The zero-order valence-corrected chi connectivity index (χ0v) is 15.3. The minimum atomic E-state index is -2.45. The van der Waals surface area contributed by atoms with Crippen molar-refractivity contribution in [2.24, 2.45) is 0 Å². The zero-order chi connectivity index (χ0) is 18.5. The minimum Gasteiger partial charge on any atom is -0.755 e. The van der Waals surface area contributed by atoms with Crippen molar-refractivity contribution in [2.75, 3.05) is 6.54 Å². The average molecular weight is 357 g/mol. The average Bonchev–Trinajstić information content (AvgIpc) is 2.48. The molecule has 0 bridgehead atoms. The van der Waals surface area contributed by atoms with Gasteiger partial charge in [-0.25, -0.2) is 0 Å². The number of nitrogens with one attached hydrogen (secondary N) is 1. The lowest BCUT2D eigenvalue weighted by molar-refractivity contribution is -0.136. The van der Waals surface area contributed by atoms with E-state index >= 15 is 0 Å². The fourth-order valence-corrected chi connectivity index (χ4v) is 3.13. The van der Waals surface area contributed by atoms with Crippen LogP contribution in [0.3, 0.4) is 0 Å². The van der Waals surface area contributed by atoms with Crippen molar-refractivity contribution in [3.8, 4) is 0 Å². The predicted octanol–water partition coefficient (Wildman–Crippen LogP) is 1.12. The van der Waals surface area contributed by atoms with Gasteiger partial charge in [-0.05, 0) is 33.8 Å². The highest BCUT2D eigenvalue weighted by Gasteiger charge is 2.35. The summed E-state index contributed by atoms with van der Waals surface area (Å²) in [5.74, 6) is -0.0835. The van der Waals surface area contributed by atoms with E-state index in [9.17, 15) is 18.7 Å². The Morgan fingerprint density at radius 3 is 2.67 bits per heavy atom. The van der Waals surface area contributed by atoms with Crippen molar-refractivity contribution in [1.29, 1.82) is 0 Å². The molecule has 2 N–H and O–H groups in total. The van der Waals surface area contributed by atoms with E-state index in [2.05, 4.69) is 11.9 Å². The van der Waals surface area contributed by atoms with Gasteiger partial charge in [0, 0.05) is 24.2 Å². The number of morpholine rings is 1. The maximum absolute atomic E-state index is 11.7. The highest BCUT2D eigenvalue weighted by atomic mass is 32.2. The van der Waals surface area contributed by atoms with Crippen LogP contribution in [-0.4, -0.2) is 48.4 Å². The van der Waals surface area contributed by atoms with Crippen LogP contribution < -0.4 is 5.32 Å². The standard InChI is InChI=1S/C16H26N2O5S/c1-6-8-14-12(7-2)18(24(21)22)11(3)13(23-14)9-10-17-15(19)16(4,5)20/h6-8,11,13,20H,1,9-10H2,2-5H3,(H,17,19)(H,21,22)/p-1/b12-7+,14-8+/t11-,13?/m1/s1. The van der Waals surface area contributed by atoms with Crippen LogP contribution >= 0.6 is 0 Å². The van der Waals surface area contributed by atoms with Crippen LogP contribution in [0.5, 0.6) is 0 Å². The molecule has 0 aromatic rings. The van der Waals surface area contributed by atoms with Crippen molar-refractivity contribution in [3.05, 3.63) is 36.3 Å². The molecular formula is C16H25N2O5S-. The number of hydrogen-bond acceptors (Lipinski definition) is 5. The summed E-state index contributed by atoms with van der Waals surface area (Å²) >= 11 is -2.45. The van der Waals surface area contributed by atoms with Crippen molar-refractivity contribution in [2.45, 2.75) is 51.9 Å². The molecule has 0 radical (unpaired) electrons. The maximum Gasteiger partial charge on any atom is 0.251 e. The van der Waals surface area contributed by atoms with Crippen LogP contribution in [0.25, 0.3) is 0 Å². The Morgan fingerprint density at radius 2 is 2.21 bits per heavy atom. The molecule has 136 valence electrons. The third-order valence-electron chi connectivity index (χ3n) is 3.65. The molecule has 1 aliphatic heterocycles. The number of carbonyl (C=O) groups is 1. The van der Waals surface area contributed by atoms with Crippen LogP contribution in [0.4, 0.5) is 0 Å². The first-order valence-corrected chi connectivity index (χ1v) is 8.72. The number of amides is 1. The lowest BCUT2D eigenvalue weighted by Gasteiger charge is -2.44. The van der Waals surface area contributed by atoms with Gasteiger partial charge in [0.2, 0.25) is 0 Å². The molecule has 24 heavy (non-hydrogen) atoms. The number of rotatable bonds is 6. The van der Waals surface area contributed by atoms with Crippen LogP contribution in [0.1, 0.15) is 34.1 Å². The number of nitrogens with zero attached hydrogens (tertiary/aromatic N) is 1. The van der Waals surface area contributed by atoms with E-state index in [1.54, 1.807) is 26.0 Å². The Kier molecular flexibility index (Phi) is 7.19. The van der Waals surface area contributed by atoms with Crippen molar-refractivity contribution in [1.82, 2.24) is 9.62 Å². The molecule has 1 aliphatic rings. The Morgan fingerprint density at radius 1 is 1.58 bits per heavy atom. The molecule has 1 amide bonds. The summed E-state index contributed by atoms with van der Waals surface area (Å²) in [7, 11) is 0. The SMILES string of the molecule is C=C/C=C1/OC(CCNC(=O)C(C)(C)O)[C@@H](C)N(S(=O)[O-])/C1=C/C. The van der Waals surface area contributed by atoms with Gasteiger partial charge in [-0.15, -0.1) is 0 Å². The van der Waals surface area contributed by atoms with Gasteiger partial charge in [-0.1, -0.05) is 18.7 Å². The second-order valence-electron chi connectivity index (χ2n) is 5.98. The zero-order valence-electron chi connectivity index (χ0n) is 14.4. The molecule has 3 atom stereocenters. The second kappa shape index (κ2) is 8.46. The highest BCUT2D eigenvalue weighted by molar-refractivity contribution is 7.76. The lowest BCUT2D eigenvalue weighted by atomic mass is 10.0. The molecule has 1 fully saturated rings. The molecule has 0 saturated carbocycles. The summed E-state index contributed by atoms with van der Waals surface area (Å²) in [5.41, 5.74) is -1.01. The van der Waals surface area contributed by atoms with Crippen LogP contribution in [0, 0.1) is 0 Å². The Labute approximate surface area is 145 Å². The second-order valence-corrected chi connectivity index (χ2v) is 6.81. The molecule has 0 spiro atoms. The van der Waals surface area contributed by atoms with Gasteiger partial charge in [-0.2, -0.15) is 0 Å². The van der Waals surface area contributed by atoms with E-state index in [1.165, 1.54) is 24.2 Å².